The number of carbonyl (C=O) groups excluding carboxylic acids is 1. The lowest BCUT2D eigenvalue weighted by atomic mass is 10.2. The lowest BCUT2D eigenvalue weighted by Crippen LogP contribution is -2.21. The van der Waals surface area contributed by atoms with E-state index in [1.165, 1.54) is 7.11 Å². The van der Waals surface area contributed by atoms with Crippen molar-refractivity contribution in [2.45, 2.75) is 19.4 Å². The predicted octanol–water partition coefficient (Wildman–Crippen LogP) is 2.40. The maximum absolute atomic E-state index is 11.8. The number of ether oxygens (including phenoxy) is 1. The second kappa shape index (κ2) is 4.86. The van der Waals surface area contributed by atoms with Gasteiger partial charge in [-0.25, -0.2) is 9.78 Å². The van der Waals surface area contributed by atoms with Crippen molar-refractivity contribution in [3.63, 3.8) is 0 Å². The van der Waals surface area contributed by atoms with Crippen LogP contribution in [0.3, 0.4) is 0 Å². The highest BCUT2D eigenvalue weighted by atomic mass is 35.5. The fourth-order valence-electron chi connectivity index (χ4n) is 2.01. The number of hydrogen-bond donors (Lipinski definition) is 1. The Morgan fingerprint density at radius 1 is 1.61 bits per heavy atom. The first-order valence-corrected chi connectivity index (χ1v) is 5.97. The highest BCUT2D eigenvalue weighted by Crippen LogP contribution is 2.27. The van der Waals surface area contributed by atoms with Crippen LogP contribution in [-0.4, -0.2) is 22.6 Å². The summed E-state index contributed by atoms with van der Waals surface area (Å²) in [5.41, 5.74) is 7.31. The minimum absolute atomic E-state index is 0.282. The van der Waals surface area contributed by atoms with Gasteiger partial charge in [0, 0.05) is 5.02 Å². The fourth-order valence-corrected chi connectivity index (χ4v) is 2.18. The van der Waals surface area contributed by atoms with Crippen molar-refractivity contribution >= 4 is 34.6 Å². The van der Waals surface area contributed by atoms with E-state index in [4.69, 9.17) is 22.1 Å². The molecule has 1 atom stereocenters. The molecule has 0 fully saturated rings. The molecule has 0 saturated carbocycles. The van der Waals surface area contributed by atoms with Gasteiger partial charge in [0.1, 0.15) is 6.04 Å². The van der Waals surface area contributed by atoms with Crippen molar-refractivity contribution in [3.05, 3.63) is 23.2 Å². The molecule has 0 spiro atoms. The molecular formula is C12H14ClN3O2. The van der Waals surface area contributed by atoms with Crippen LogP contribution in [0.5, 0.6) is 0 Å². The van der Waals surface area contributed by atoms with Crippen LogP contribution in [0.4, 0.5) is 5.95 Å². The first-order chi connectivity index (χ1) is 8.58. The number of aromatic nitrogens is 2. The van der Waals surface area contributed by atoms with Crippen molar-refractivity contribution < 1.29 is 9.53 Å². The van der Waals surface area contributed by atoms with Crippen LogP contribution in [0.1, 0.15) is 19.4 Å². The van der Waals surface area contributed by atoms with Crippen LogP contribution in [0.15, 0.2) is 18.2 Å². The normalized spacial score (nSPS) is 12.6. The summed E-state index contributed by atoms with van der Waals surface area (Å²) in [6.07, 6.45) is 0.574. The van der Waals surface area contributed by atoms with Crippen molar-refractivity contribution in [2.75, 3.05) is 12.8 Å². The third kappa shape index (κ3) is 2.01. The van der Waals surface area contributed by atoms with Gasteiger partial charge in [0.15, 0.2) is 0 Å². The monoisotopic (exact) mass is 267 g/mol. The Hall–Kier alpha value is -1.75. The van der Waals surface area contributed by atoms with Gasteiger partial charge >= 0.3 is 5.97 Å². The van der Waals surface area contributed by atoms with Crippen LogP contribution in [0.25, 0.3) is 11.0 Å². The molecule has 1 aromatic heterocycles. The molecular weight excluding hydrogens is 254 g/mol. The third-order valence-corrected chi connectivity index (χ3v) is 3.09. The number of nitrogens with two attached hydrogens (primary N) is 1. The van der Waals surface area contributed by atoms with Crippen LogP contribution in [0.2, 0.25) is 5.02 Å². The molecule has 1 heterocycles. The van der Waals surface area contributed by atoms with Gasteiger partial charge in [-0.15, -0.1) is 0 Å². The molecule has 0 bridgehead atoms. The number of esters is 1. The van der Waals surface area contributed by atoms with Gasteiger partial charge in [-0.1, -0.05) is 18.5 Å². The maximum atomic E-state index is 11.8. The molecule has 2 rings (SSSR count). The Balaban J connectivity index is 2.62. The zero-order chi connectivity index (χ0) is 13.3. The SMILES string of the molecule is CCC(C(=O)OC)n1c(N)nc2cc(Cl)ccc21. The van der Waals surface area contributed by atoms with Crippen LogP contribution in [0, 0.1) is 0 Å². The molecule has 2 aromatic rings. The van der Waals surface area contributed by atoms with Gasteiger partial charge < -0.3 is 10.5 Å². The summed E-state index contributed by atoms with van der Waals surface area (Å²) in [7, 11) is 1.36. The Morgan fingerprint density at radius 2 is 2.33 bits per heavy atom. The summed E-state index contributed by atoms with van der Waals surface area (Å²) in [5, 5.41) is 0.582. The molecule has 5 nitrogen and oxygen atoms in total. The zero-order valence-corrected chi connectivity index (χ0v) is 10.9. The molecule has 96 valence electrons. The van der Waals surface area contributed by atoms with Gasteiger partial charge in [0.05, 0.1) is 18.1 Å². The Morgan fingerprint density at radius 3 is 2.94 bits per heavy atom. The Bertz CT molecular complexity index is 594. The van der Waals surface area contributed by atoms with Gasteiger partial charge in [0.25, 0.3) is 0 Å². The van der Waals surface area contributed by atoms with Gasteiger partial charge in [-0.05, 0) is 24.6 Å². The van der Waals surface area contributed by atoms with Crippen LogP contribution < -0.4 is 5.73 Å². The Kier molecular flexibility index (Phi) is 3.43. The summed E-state index contributed by atoms with van der Waals surface area (Å²) in [6.45, 7) is 1.89. The molecule has 2 N–H and O–H groups in total. The number of carbonyl (C=O) groups is 1. The summed E-state index contributed by atoms with van der Waals surface area (Å²) < 4.78 is 6.46. The molecule has 0 radical (unpaired) electrons. The minimum atomic E-state index is -0.471. The van der Waals surface area contributed by atoms with Crippen molar-refractivity contribution in [3.8, 4) is 0 Å². The second-order valence-electron chi connectivity index (χ2n) is 3.92. The average molecular weight is 268 g/mol. The Labute approximate surface area is 109 Å². The van der Waals surface area contributed by atoms with Gasteiger partial charge in [0.2, 0.25) is 5.95 Å². The number of nitrogens with zero attached hydrogens (tertiary/aromatic N) is 2. The number of rotatable bonds is 3. The van der Waals surface area contributed by atoms with E-state index < -0.39 is 6.04 Å². The maximum Gasteiger partial charge on any atom is 0.328 e. The highest BCUT2D eigenvalue weighted by molar-refractivity contribution is 6.31. The molecule has 0 aliphatic carbocycles. The molecule has 0 saturated heterocycles. The third-order valence-electron chi connectivity index (χ3n) is 2.85. The summed E-state index contributed by atoms with van der Waals surface area (Å²) in [6, 6.07) is 4.78. The van der Waals surface area contributed by atoms with E-state index in [-0.39, 0.29) is 11.9 Å². The molecule has 1 aromatic carbocycles. The smallest absolute Gasteiger partial charge is 0.328 e. The van der Waals surface area contributed by atoms with E-state index >= 15 is 0 Å². The fraction of sp³-hybridized carbons (Fsp3) is 0.333. The van der Waals surface area contributed by atoms with Crippen molar-refractivity contribution in [2.24, 2.45) is 0 Å². The number of benzene rings is 1. The van der Waals surface area contributed by atoms with Gasteiger partial charge in [-0.3, -0.25) is 4.57 Å². The van der Waals surface area contributed by atoms with E-state index in [0.29, 0.717) is 17.0 Å². The largest absolute Gasteiger partial charge is 0.467 e. The van der Waals surface area contributed by atoms with E-state index in [1.807, 2.05) is 6.92 Å². The number of imidazole rings is 1. The van der Waals surface area contributed by atoms with Crippen molar-refractivity contribution in [1.29, 1.82) is 0 Å². The molecule has 18 heavy (non-hydrogen) atoms. The van der Waals surface area contributed by atoms with E-state index in [2.05, 4.69) is 4.98 Å². The highest BCUT2D eigenvalue weighted by Gasteiger charge is 2.23. The van der Waals surface area contributed by atoms with E-state index in [1.54, 1.807) is 22.8 Å². The quantitative estimate of drug-likeness (QED) is 0.867. The number of halogens is 1. The number of nitrogen functional groups attached to an aromatic ring is 1. The van der Waals surface area contributed by atoms with E-state index in [0.717, 1.165) is 5.52 Å². The van der Waals surface area contributed by atoms with Gasteiger partial charge in [-0.2, -0.15) is 0 Å². The number of fused-ring (bicyclic) bond motifs is 1. The molecule has 0 amide bonds. The molecule has 0 aliphatic heterocycles. The predicted molar refractivity (Wildman–Crippen MR) is 70.5 cm³/mol. The average Bonchev–Trinajstić information content (AvgIpc) is 2.66. The molecule has 6 heteroatoms. The minimum Gasteiger partial charge on any atom is -0.467 e. The summed E-state index contributed by atoms with van der Waals surface area (Å²) in [4.78, 5) is 16.0. The lowest BCUT2D eigenvalue weighted by molar-refractivity contribution is -0.144. The summed E-state index contributed by atoms with van der Waals surface area (Å²) >= 11 is 5.90. The van der Waals surface area contributed by atoms with Crippen LogP contribution in [-0.2, 0) is 9.53 Å². The first kappa shape index (κ1) is 12.7. The lowest BCUT2D eigenvalue weighted by Gasteiger charge is -2.16. The topological polar surface area (TPSA) is 70.1 Å². The summed E-state index contributed by atoms with van der Waals surface area (Å²) in [5.74, 6) is -0.0528. The standard InChI is InChI=1S/C12H14ClN3O2/c1-3-9(11(17)18-2)16-10-5-4-7(13)6-8(10)15-12(16)14/h4-6,9H,3H2,1-2H3,(H2,14,15). The second-order valence-corrected chi connectivity index (χ2v) is 4.36. The number of hydrogen-bond acceptors (Lipinski definition) is 4. The first-order valence-electron chi connectivity index (χ1n) is 5.59. The molecule has 0 aliphatic rings. The van der Waals surface area contributed by atoms with E-state index in [9.17, 15) is 4.79 Å². The molecule has 1 unspecified atom stereocenters. The zero-order valence-electron chi connectivity index (χ0n) is 10.2. The number of methoxy groups -OCH3 is 1. The van der Waals surface area contributed by atoms with Crippen molar-refractivity contribution in [1.82, 2.24) is 9.55 Å². The number of anilines is 1. The van der Waals surface area contributed by atoms with Crippen LogP contribution >= 0.6 is 11.6 Å².